The molecule has 0 unspecified atom stereocenters. The lowest BCUT2D eigenvalue weighted by atomic mass is 10.1. The summed E-state index contributed by atoms with van der Waals surface area (Å²) in [6.45, 7) is 13.9. The van der Waals surface area contributed by atoms with Crippen molar-refractivity contribution in [3.8, 4) is 11.5 Å². The quantitative estimate of drug-likeness (QED) is 0.120. The van der Waals surface area contributed by atoms with E-state index in [1.165, 1.54) is 27.7 Å². The minimum atomic E-state index is -1.30. The molecule has 0 radical (unpaired) electrons. The van der Waals surface area contributed by atoms with Crippen molar-refractivity contribution < 1.29 is 38.9 Å². The molecule has 4 aromatic carbocycles. The van der Waals surface area contributed by atoms with Crippen LogP contribution in [0.25, 0.3) is 0 Å². The van der Waals surface area contributed by atoms with Gasteiger partial charge in [0, 0.05) is 11.4 Å². The zero-order chi connectivity index (χ0) is 37.2. The van der Waals surface area contributed by atoms with Gasteiger partial charge in [-0.25, -0.2) is 9.59 Å². The third kappa shape index (κ3) is 12.4. The number of amides is 2. The van der Waals surface area contributed by atoms with Crippen LogP contribution in [0.4, 0.5) is 11.4 Å². The van der Waals surface area contributed by atoms with E-state index in [1.807, 2.05) is 64.1 Å². The third-order valence-electron chi connectivity index (χ3n) is 7.36. The Hall–Kier alpha value is -5.64. The van der Waals surface area contributed by atoms with E-state index in [1.54, 1.807) is 48.5 Å². The average Bonchev–Trinajstić information content (AvgIpc) is 2.98. The normalized spacial score (nSPS) is 11.0. The number of rotatable bonds is 12. The van der Waals surface area contributed by atoms with Gasteiger partial charge in [0.1, 0.15) is 11.5 Å². The number of aliphatic carboxylic acids is 2. The van der Waals surface area contributed by atoms with Crippen molar-refractivity contribution in [3.05, 3.63) is 118 Å². The van der Waals surface area contributed by atoms with Crippen molar-refractivity contribution >= 4 is 35.1 Å². The second-order valence-electron chi connectivity index (χ2n) is 13.3. The van der Waals surface area contributed by atoms with Crippen LogP contribution in [0.3, 0.4) is 0 Å². The smallest absolute Gasteiger partial charge is 0.347 e. The van der Waals surface area contributed by atoms with E-state index in [0.717, 1.165) is 44.8 Å². The number of carbonyl (C=O) groups excluding carboxylic acids is 2. The first-order chi connectivity index (χ1) is 23.3. The topological polar surface area (TPSA) is 151 Å². The van der Waals surface area contributed by atoms with E-state index in [9.17, 15) is 19.2 Å². The molecule has 10 nitrogen and oxygen atoms in total. The van der Waals surface area contributed by atoms with Crippen LogP contribution in [0, 0.1) is 27.7 Å². The number of carboxylic acid groups (broad SMARTS) is 2. The molecule has 264 valence electrons. The van der Waals surface area contributed by atoms with Crippen LogP contribution in [0.15, 0.2) is 84.9 Å². The van der Waals surface area contributed by atoms with E-state index < -0.39 is 23.1 Å². The van der Waals surface area contributed by atoms with Crippen LogP contribution in [0.5, 0.6) is 11.5 Å². The molecule has 0 aromatic heterocycles. The molecule has 4 N–H and O–H groups in total. The van der Waals surface area contributed by atoms with Crippen molar-refractivity contribution in [2.45, 2.75) is 79.4 Å². The Balaban J connectivity index is 0.000000270. The van der Waals surface area contributed by atoms with Gasteiger partial charge < -0.3 is 30.3 Å². The predicted molar refractivity (Wildman–Crippen MR) is 194 cm³/mol. The number of ether oxygens (including phenoxy) is 2. The summed E-state index contributed by atoms with van der Waals surface area (Å²) in [5, 5.41) is 23.9. The Bertz CT molecular complexity index is 1650. The highest BCUT2D eigenvalue weighted by molar-refractivity contribution is 5.93. The summed E-state index contributed by atoms with van der Waals surface area (Å²) in [5.41, 5.74) is 4.98. The Morgan fingerprint density at radius 1 is 0.520 bits per heavy atom. The molecule has 0 saturated heterocycles. The minimum Gasteiger partial charge on any atom is -0.478 e. The number of aryl methyl sites for hydroxylation is 4. The molecule has 0 atom stereocenters. The molecule has 0 heterocycles. The highest BCUT2D eigenvalue weighted by Crippen LogP contribution is 2.22. The van der Waals surface area contributed by atoms with Crippen molar-refractivity contribution in [2.24, 2.45) is 0 Å². The van der Waals surface area contributed by atoms with Crippen LogP contribution in [0.1, 0.15) is 61.1 Å². The molecule has 4 rings (SSSR count). The highest BCUT2D eigenvalue weighted by atomic mass is 16.5. The number of hydrogen-bond donors (Lipinski definition) is 4. The van der Waals surface area contributed by atoms with Crippen LogP contribution in [-0.2, 0) is 32.0 Å². The van der Waals surface area contributed by atoms with E-state index in [2.05, 4.69) is 10.6 Å². The van der Waals surface area contributed by atoms with Crippen LogP contribution in [0.2, 0.25) is 0 Å². The zero-order valence-electron chi connectivity index (χ0n) is 29.8. The summed E-state index contributed by atoms with van der Waals surface area (Å²) in [6.07, 6.45) is 0.463. The zero-order valence-corrected chi connectivity index (χ0v) is 29.8. The Kier molecular flexibility index (Phi) is 12.9. The van der Waals surface area contributed by atoms with E-state index in [4.69, 9.17) is 19.7 Å². The number of carbonyl (C=O) groups is 4. The van der Waals surface area contributed by atoms with Crippen LogP contribution < -0.4 is 20.1 Å². The fraction of sp³-hybridized carbons (Fsp3) is 0.300. The maximum Gasteiger partial charge on any atom is 0.347 e. The molecule has 0 saturated carbocycles. The molecule has 50 heavy (non-hydrogen) atoms. The first kappa shape index (κ1) is 38.8. The summed E-state index contributed by atoms with van der Waals surface area (Å²) >= 11 is 0. The Labute approximate surface area is 293 Å². The number of hydrogen-bond acceptors (Lipinski definition) is 6. The molecule has 0 fully saturated rings. The van der Waals surface area contributed by atoms with Gasteiger partial charge in [-0.1, -0.05) is 36.4 Å². The molecule has 0 aliphatic carbocycles. The first-order valence-corrected chi connectivity index (χ1v) is 16.1. The molecule has 10 heteroatoms. The molecule has 0 spiro atoms. The number of nitrogens with one attached hydrogen (secondary N) is 2. The first-order valence-electron chi connectivity index (χ1n) is 16.1. The molecule has 0 aliphatic rings. The lowest BCUT2D eigenvalue weighted by Gasteiger charge is -2.21. The van der Waals surface area contributed by atoms with Gasteiger partial charge in [-0.2, -0.15) is 0 Å². The Morgan fingerprint density at radius 2 is 0.800 bits per heavy atom. The SMILES string of the molecule is Cc1cc(C)cc(NC(=O)Cc2ccc(OC(C)(C)C(=O)O)cc2)c1.Cc1cc(C)cc(NC(=O)Cc2ccc(OC(C)(C)C(=O)O)cc2)c1. The second kappa shape index (κ2) is 16.6. The predicted octanol–water partition coefficient (Wildman–Crippen LogP) is 7.45. The molecular formula is C40H46N2O8. The van der Waals surface area contributed by atoms with Gasteiger partial charge in [-0.3, -0.25) is 9.59 Å². The minimum absolute atomic E-state index is 0.107. The lowest BCUT2D eigenvalue weighted by Crippen LogP contribution is -2.37. The standard InChI is InChI=1S/2C20H23NO4/c2*1-13-9-14(2)11-16(10-13)21-18(22)12-15-5-7-17(8-6-15)25-20(3,4)19(23)24/h2*5-11H,12H2,1-4H3,(H,21,22)(H,23,24). The lowest BCUT2D eigenvalue weighted by molar-refractivity contribution is -0.152. The molecule has 2 amide bonds. The van der Waals surface area contributed by atoms with Gasteiger partial charge in [0.2, 0.25) is 11.8 Å². The monoisotopic (exact) mass is 682 g/mol. The van der Waals surface area contributed by atoms with Gasteiger partial charge in [-0.05, 0) is 137 Å². The summed E-state index contributed by atoms with van der Waals surface area (Å²) < 4.78 is 10.9. The third-order valence-corrected chi connectivity index (χ3v) is 7.36. The van der Waals surface area contributed by atoms with Gasteiger partial charge in [0.25, 0.3) is 0 Å². The second-order valence-corrected chi connectivity index (χ2v) is 13.3. The summed E-state index contributed by atoms with van der Waals surface area (Å²) in [4.78, 5) is 46.5. The number of anilines is 2. The Morgan fingerprint density at radius 3 is 1.06 bits per heavy atom. The highest BCUT2D eigenvalue weighted by Gasteiger charge is 2.30. The van der Waals surface area contributed by atoms with Gasteiger partial charge in [0.15, 0.2) is 11.2 Å². The van der Waals surface area contributed by atoms with E-state index in [0.29, 0.717) is 11.5 Å². The fourth-order valence-electron chi connectivity index (χ4n) is 4.90. The number of benzene rings is 4. The maximum atomic E-state index is 12.2. The largest absolute Gasteiger partial charge is 0.478 e. The molecule has 4 aromatic rings. The van der Waals surface area contributed by atoms with Crippen LogP contribution >= 0.6 is 0 Å². The molecule has 0 bridgehead atoms. The van der Waals surface area contributed by atoms with Gasteiger partial charge in [0.05, 0.1) is 12.8 Å². The van der Waals surface area contributed by atoms with Gasteiger partial charge in [-0.15, -0.1) is 0 Å². The van der Waals surface area contributed by atoms with Crippen molar-refractivity contribution in [1.82, 2.24) is 0 Å². The van der Waals surface area contributed by atoms with Gasteiger partial charge >= 0.3 is 11.9 Å². The van der Waals surface area contributed by atoms with Crippen molar-refractivity contribution in [1.29, 1.82) is 0 Å². The summed E-state index contributed by atoms with van der Waals surface area (Å²) in [5.74, 6) is -1.39. The summed E-state index contributed by atoms with van der Waals surface area (Å²) in [6, 6.07) is 25.5. The summed E-state index contributed by atoms with van der Waals surface area (Å²) in [7, 11) is 0. The average molecular weight is 683 g/mol. The maximum absolute atomic E-state index is 12.2. The fourth-order valence-corrected chi connectivity index (χ4v) is 4.90. The molecule has 0 aliphatic heterocycles. The van der Waals surface area contributed by atoms with E-state index >= 15 is 0 Å². The van der Waals surface area contributed by atoms with Crippen LogP contribution in [-0.4, -0.2) is 45.2 Å². The number of carboxylic acids is 2. The van der Waals surface area contributed by atoms with E-state index in [-0.39, 0.29) is 24.7 Å². The molecular weight excluding hydrogens is 636 g/mol. The van der Waals surface area contributed by atoms with Crippen molar-refractivity contribution in [2.75, 3.05) is 10.6 Å². The van der Waals surface area contributed by atoms with Crippen molar-refractivity contribution in [3.63, 3.8) is 0 Å².